The van der Waals surface area contributed by atoms with Crippen molar-refractivity contribution in [1.82, 2.24) is 19.7 Å². The average Bonchev–Trinajstić information content (AvgIpc) is 3.25. The third kappa shape index (κ3) is 2.34. The summed E-state index contributed by atoms with van der Waals surface area (Å²) in [6.45, 7) is 3.21. The highest BCUT2D eigenvalue weighted by molar-refractivity contribution is 5.86. The van der Waals surface area contributed by atoms with Crippen LogP contribution in [-0.2, 0) is 7.05 Å². The number of nitrogens with one attached hydrogen (secondary N) is 1. The summed E-state index contributed by atoms with van der Waals surface area (Å²) in [6, 6.07) is 12.1. The molecule has 1 aliphatic heterocycles. The quantitative estimate of drug-likeness (QED) is 0.601. The predicted molar refractivity (Wildman–Crippen MR) is 99.5 cm³/mol. The predicted octanol–water partition coefficient (Wildman–Crippen LogP) is 3.71. The Labute approximate surface area is 150 Å². The van der Waals surface area contributed by atoms with E-state index in [1.54, 1.807) is 0 Å². The number of fused-ring (bicyclic) bond motifs is 2. The van der Waals surface area contributed by atoms with Crippen LogP contribution in [0.25, 0.3) is 33.7 Å². The second kappa shape index (κ2) is 5.62. The standard InChI is InChI=1S/C20H18N4O2/c1-12-4-3-5-15-18(12)22-20(21-15)14-11-24(2)23-19(14)13-6-7-16-17(10-13)26-9-8-25-16/h3-7,10-11H,8-9H2,1-2H3,(H,21,22). The fourth-order valence-corrected chi connectivity index (χ4v) is 3.37. The van der Waals surface area contributed by atoms with E-state index in [0.29, 0.717) is 13.2 Å². The monoisotopic (exact) mass is 346 g/mol. The van der Waals surface area contributed by atoms with E-state index in [1.165, 1.54) is 0 Å². The molecule has 0 saturated heterocycles. The highest BCUT2D eigenvalue weighted by Gasteiger charge is 2.19. The molecule has 1 aliphatic rings. The van der Waals surface area contributed by atoms with Gasteiger partial charge in [0.2, 0.25) is 0 Å². The van der Waals surface area contributed by atoms with Gasteiger partial charge in [0.25, 0.3) is 0 Å². The summed E-state index contributed by atoms with van der Waals surface area (Å²) >= 11 is 0. The molecule has 0 unspecified atom stereocenters. The van der Waals surface area contributed by atoms with E-state index in [-0.39, 0.29) is 0 Å². The number of aromatic nitrogens is 4. The van der Waals surface area contributed by atoms with Gasteiger partial charge in [-0.15, -0.1) is 0 Å². The molecular formula is C20H18N4O2. The first-order valence-electron chi connectivity index (χ1n) is 8.58. The third-order valence-electron chi connectivity index (χ3n) is 4.61. The Hall–Kier alpha value is -3.28. The number of rotatable bonds is 2. The topological polar surface area (TPSA) is 65.0 Å². The molecule has 0 aliphatic carbocycles. The van der Waals surface area contributed by atoms with Crippen molar-refractivity contribution < 1.29 is 9.47 Å². The molecule has 130 valence electrons. The van der Waals surface area contributed by atoms with Gasteiger partial charge >= 0.3 is 0 Å². The molecule has 0 radical (unpaired) electrons. The molecule has 0 bridgehead atoms. The van der Waals surface area contributed by atoms with E-state index < -0.39 is 0 Å². The molecular weight excluding hydrogens is 328 g/mol. The van der Waals surface area contributed by atoms with Crippen molar-refractivity contribution in [3.8, 4) is 34.1 Å². The van der Waals surface area contributed by atoms with Crippen molar-refractivity contribution in [3.63, 3.8) is 0 Å². The zero-order chi connectivity index (χ0) is 17.7. The molecule has 1 N–H and O–H groups in total. The van der Waals surface area contributed by atoms with Crippen LogP contribution in [-0.4, -0.2) is 33.0 Å². The van der Waals surface area contributed by atoms with Gasteiger partial charge in [-0.1, -0.05) is 12.1 Å². The van der Waals surface area contributed by atoms with Gasteiger partial charge in [-0.05, 0) is 36.8 Å². The van der Waals surface area contributed by atoms with Crippen LogP contribution in [0, 0.1) is 6.92 Å². The Balaban J connectivity index is 1.66. The Morgan fingerprint density at radius 3 is 2.77 bits per heavy atom. The molecule has 0 amide bonds. The Morgan fingerprint density at radius 2 is 1.92 bits per heavy atom. The lowest BCUT2D eigenvalue weighted by Crippen LogP contribution is -2.15. The molecule has 5 rings (SSSR count). The smallest absolute Gasteiger partial charge is 0.162 e. The van der Waals surface area contributed by atoms with Crippen molar-refractivity contribution >= 4 is 11.0 Å². The van der Waals surface area contributed by atoms with E-state index in [2.05, 4.69) is 23.1 Å². The lowest BCUT2D eigenvalue weighted by molar-refractivity contribution is 0.171. The molecule has 6 nitrogen and oxygen atoms in total. The van der Waals surface area contributed by atoms with Crippen LogP contribution in [0.1, 0.15) is 5.56 Å². The summed E-state index contributed by atoms with van der Waals surface area (Å²) in [5.41, 5.74) is 5.95. The van der Waals surface area contributed by atoms with E-state index in [0.717, 1.165) is 50.7 Å². The first kappa shape index (κ1) is 15.0. The van der Waals surface area contributed by atoms with E-state index in [4.69, 9.17) is 14.5 Å². The molecule has 0 spiro atoms. The van der Waals surface area contributed by atoms with Crippen molar-refractivity contribution in [3.05, 3.63) is 48.2 Å². The van der Waals surface area contributed by atoms with Gasteiger partial charge in [0, 0.05) is 18.8 Å². The van der Waals surface area contributed by atoms with Gasteiger partial charge in [-0.3, -0.25) is 4.68 Å². The number of hydrogen-bond donors (Lipinski definition) is 1. The molecule has 3 heterocycles. The maximum Gasteiger partial charge on any atom is 0.162 e. The molecule has 0 saturated carbocycles. The third-order valence-corrected chi connectivity index (χ3v) is 4.61. The van der Waals surface area contributed by atoms with Gasteiger partial charge in [0.05, 0.1) is 16.6 Å². The summed E-state index contributed by atoms with van der Waals surface area (Å²) in [5.74, 6) is 2.34. The van der Waals surface area contributed by atoms with Crippen molar-refractivity contribution in [2.75, 3.05) is 13.2 Å². The molecule has 4 aromatic rings. The van der Waals surface area contributed by atoms with Crippen LogP contribution < -0.4 is 9.47 Å². The number of ether oxygens (including phenoxy) is 2. The lowest BCUT2D eigenvalue weighted by atomic mass is 10.1. The first-order chi connectivity index (χ1) is 12.7. The van der Waals surface area contributed by atoms with Crippen LogP contribution in [0.2, 0.25) is 0 Å². The summed E-state index contributed by atoms with van der Waals surface area (Å²) in [4.78, 5) is 8.22. The number of aromatic amines is 1. The number of para-hydroxylation sites is 1. The van der Waals surface area contributed by atoms with Gasteiger partial charge in [0.1, 0.15) is 24.7 Å². The summed E-state index contributed by atoms with van der Waals surface area (Å²) in [7, 11) is 1.92. The van der Waals surface area contributed by atoms with Gasteiger partial charge in [-0.25, -0.2) is 4.98 Å². The molecule has 6 heteroatoms. The van der Waals surface area contributed by atoms with Crippen molar-refractivity contribution in [2.24, 2.45) is 7.05 Å². The normalized spacial score (nSPS) is 13.3. The van der Waals surface area contributed by atoms with Crippen LogP contribution >= 0.6 is 0 Å². The highest BCUT2D eigenvalue weighted by atomic mass is 16.6. The molecule has 26 heavy (non-hydrogen) atoms. The minimum absolute atomic E-state index is 0.564. The van der Waals surface area contributed by atoms with Crippen molar-refractivity contribution in [2.45, 2.75) is 6.92 Å². The SMILES string of the molecule is Cc1cccc2[nH]c(-c3cn(C)nc3-c3ccc4c(c3)OCCO4)nc12. The first-order valence-corrected chi connectivity index (χ1v) is 8.58. The largest absolute Gasteiger partial charge is 0.486 e. The minimum atomic E-state index is 0.564. The number of hydrogen-bond acceptors (Lipinski definition) is 4. The second-order valence-electron chi connectivity index (χ2n) is 6.48. The Bertz CT molecular complexity index is 1130. The average molecular weight is 346 g/mol. The fraction of sp³-hybridized carbons (Fsp3) is 0.200. The highest BCUT2D eigenvalue weighted by Crippen LogP contribution is 2.37. The van der Waals surface area contributed by atoms with Crippen LogP contribution in [0.15, 0.2) is 42.6 Å². The van der Waals surface area contributed by atoms with E-state index in [1.807, 2.05) is 48.3 Å². The molecule has 2 aromatic carbocycles. The summed E-state index contributed by atoms with van der Waals surface area (Å²) in [5, 5.41) is 4.66. The number of imidazole rings is 1. The Kier molecular flexibility index (Phi) is 3.25. The maximum absolute atomic E-state index is 5.72. The van der Waals surface area contributed by atoms with Crippen LogP contribution in [0.5, 0.6) is 11.5 Å². The van der Waals surface area contributed by atoms with Gasteiger partial charge in [-0.2, -0.15) is 5.10 Å². The molecule has 0 atom stereocenters. The molecule has 2 aromatic heterocycles. The number of nitrogens with zero attached hydrogens (tertiary/aromatic N) is 3. The van der Waals surface area contributed by atoms with E-state index >= 15 is 0 Å². The van der Waals surface area contributed by atoms with Crippen molar-refractivity contribution in [1.29, 1.82) is 0 Å². The minimum Gasteiger partial charge on any atom is -0.486 e. The number of aryl methyl sites for hydroxylation is 2. The maximum atomic E-state index is 5.72. The Morgan fingerprint density at radius 1 is 1.08 bits per heavy atom. The zero-order valence-corrected chi connectivity index (χ0v) is 14.6. The zero-order valence-electron chi connectivity index (χ0n) is 14.6. The summed E-state index contributed by atoms with van der Waals surface area (Å²) < 4.78 is 13.1. The van der Waals surface area contributed by atoms with Gasteiger partial charge in [0.15, 0.2) is 11.5 Å². The van der Waals surface area contributed by atoms with E-state index in [9.17, 15) is 0 Å². The van der Waals surface area contributed by atoms with Gasteiger partial charge < -0.3 is 14.5 Å². The van der Waals surface area contributed by atoms with Crippen LogP contribution in [0.4, 0.5) is 0 Å². The number of benzene rings is 2. The van der Waals surface area contributed by atoms with Crippen LogP contribution in [0.3, 0.4) is 0 Å². The summed E-state index contributed by atoms with van der Waals surface area (Å²) in [6.07, 6.45) is 1.99. The number of H-pyrrole nitrogens is 1. The molecule has 0 fully saturated rings. The second-order valence-corrected chi connectivity index (χ2v) is 6.48. The fourth-order valence-electron chi connectivity index (χ4n) is 3.37. The lowest BCUT2D eigenvalue weighted by Gasteiger charge is -2.18.